The zero-order valence-corrected chi connectivity index (χ0v) is 17.6. The fraction of sp³-hybridized carbons (Fsp3) is 0.190. The smallest absolute Gasteiger partial charge is 0.273 e. The predicted octanol–water partition coefficient (Wildman–Crippen LogP) is 3.45. The molecule has 3 aromatic rings. The maximum atomic E-state index is 13.2. The summed E-state index contributed by atoms with van der Waals surface area (Å²) < 4.78 is 36.9. The van der Waals surface area contributed by atoms with E-state index in [4.69, 9.17) is 9.15 Å². The zero-order valence-electron chi connectivity index (χ0n) is 16.8. The normalized spacial score (nSPS) is 12.2. The van der Waals surface area contributed by atoms with E-state index in [-0.39, 0.29) is 34.0 Å². The van der Waals surface area contributed by atoms with Crippen LogP contribution in [0.25, 0.3) is 0 Å². The van der Waals surface area contributed by atoms with Crippen LogP contribution in [0.5, 0.6) is 5.75 Å². The average Bonchev–Trinajstić information content (AvgIpc) is 3.28. The summed E-state index contributed by atoms with van der Waals surface area (Å²) in [6.45, 7) is 1.17. The van der Waals surface area contributed by atoms with E-state index in [1.807, 2.05) is 0 Å². The number of ether oxygens (including phenoxy) is 1. The number of rotatable bonds is 8. The number of hydrogen-bond donors (Lipinski definition) is 1. The standard InChI is InChI=1S/C21H20N2O7S/c1-14-17(5-3-6-18(14)23(25)26)21(24)22-13-20(19-7-4-12-30-19)31(27,28)16-10-8-15(29-2)9-11-16/h3-12,20H,13H2,1-2H3,(H,22,24)/t20-/m1/s1. The van der Waals surface area contributed by atoms with Gasteiger partial charge >= 0.3 is 0 Å². The lowest BCUT2D eigenvalue weighted by atomic mass is 10.1. The fourth-order valence-corrected chi connectivity index (χ4v) is 4.70. The molecular formula is C21H20N2O7S. The minimum absolute atomic E-state index is 0.0375. The number of sulfone groups is 1. The summed E-state index contributed by atoms with van der Waals surface area (Å²) in [6.07, 6.45) is 1.35. The van der Waals surface area contributed by atoms with Crippen molar-refractivity contribution >= 4 is 21.4 Å². The molecule has 0 unspecified atom stereocenters. The summed E-state index contributed by atoms with van der Waals surface area (Å²) in [5.74, 6) is 0.0394. The second kappa shape index (κ2) is 9.00. The average molecular weight is 444 g/mol. The maximum absolute atomic E-state index is 13.2. The van der Waals surface area contributed by atoms with Crippen LogP contribution in [0, 0.1) is 17.0 Å². The van der Waals surface area contributed by atoms with Crippen LogP contribution < -0.4 is 10.1 Å². The summed E-state index contributed by atoms with van der Waals surface area (Å²) in [5.41, 5.74) is 0.0906. The first kappa shape index (κ1) is 22.0. The Bertz CT molecular complexity index is 1190. The Morgan fingerprint density at radius 2 is 1.87 bits per heavy atom. The minimum atomic E-state index is -3.93. The highest BCUT2D eigenvalue weighted by molar-refractivity contribution is 7.91. The van der Waals surface area contributed by atoms with Crippen LogP contribution in [0.4, 0.5) is 5.69 Å². The Morgan fingerprint density at radius 1 is 1.16 bits per heavy atom. The van der Waals surface area contributed by atoms with Gasteiger partial charge in [-0.2, -0.15) is 0 Å². The molecule has 0 saturated carbocycles. The highest BCUT2D eigenvalue weighted by Crippen LogP contribution is 2.30. The number of carbonyl (C=O) groups excluding carboxylic acids is 1. The van der Waals surface area contributed by atoms with Gasteiger partial charge < -0.3 is 14.5 Å². The van der Waals surface area contributed by atoms with Gasteiger partial charge in [0.15, 0.2) is 9.84 Å². The molecule has 1 atom stereocenters. The molecule has 31 heavy (non-hydrogen) atoms. The van der Waals surface area contributed by atoms with Crippen LogP contribution in [0.1, 0.15) is 26.9 Å². The Labute approximate surface area is 178 Å². The van der Waals surface area contributed by atoms with Crippen molar-refractivity contribution in [1.82, 2.24) is 5.32 Å². The maximum Gasteiger partial charge on any atom is 0.273 e. The number of nitro groups is 1. The van der Waals surface area contributed by atoms with Crippen LogP contribution >= 0.6 is 0 Å². The van der Waals surface area contributed by atoms with Crippen molar-refractivity contribution in [3.63, 3.8) is 0 Å². The number of amides is 1. The number of carbonyl (C=O) groups is 1. The van der Waals surface area contributed by atoms with Gasteiger partial charge in [-0.1, -0.05) is 6.07 Å². The highest BCUT2D eigenvalue weighted by atomic mass is 32.2. The van der Waals surface area contributed by atoms with Gasteiger partial charge in [-0.25, -0.2) is 8.42 Å². The first-order valence-corrected chi connectivity index (χ1v) is 10.7. The van der Waals surface area contributed by atoms with Crippen LogP contribution in [0.2, 0.25) is 0 Å². The molecule has 0 aliphatic heterocycles. The summed E-state index contributed by atoms with van der Waals surface area (Å²) in [6, 6.07) is 13.1. The molecule has 0 bridgehead atoms. The summed E-state index contributed by atoms with van der Waals surface area (Å²) >= 11 is 0. The summed E-state index contributed by atoms with van der Waals surface area (Å²) in [7, 11) is -2.46. The number of methoxy groups -OCH3 is 1. The van der Waals surface area contributed by atoms with Gasteiger partial charge in [0.2, 0.25) is 0 Å². The van der Waals surface area contributed by atoms with Gasteiger partial charge in [-0.15, -0.1) is 0 Å². The molecule has 3 rings (SSSR count). The van der Waals surface area contributed by atoms with Crippen molar-refractivity contribution < 1.29 is 27.3 Å². The van der Waals surface area contributed by atoms with Crippen molar-refractivity contribution in [2.45, 2.75) is 17.1 Å². The lowest BCUT2D eigenvalue weighted by molar-refractivity contribution is -0.385. The second-order valence-corrected chi connectivity index (χ2v) is 8.77. The third kappa shape index (κ3) is 4.58. The zero-order chi connectivity index (χ0) is 22.6. The van der Waals surface area contributed by atoms with Crippen molar-refractivity contribution in [1.29, 1.82) is 0 Å². The summed E-state index contributed by atoms with van der Waals surface area (Å²) in [4.78, 5) is 23.3. The first-order chi connectivity index (χ1) is 14.8. The Hall–Kier alpha value is -3.66. The Balaban J connectivity index is 1.89. The third-order valence-electron chi connectivity index (χ3n) is 4.82. The molecule has 162 valence electrons. The molecule has 0 fully saturated rings. The molecule has 0 spiro atoms. The molecular weight excluding hydrogens is 424 g/mol. The number of nitro benzene ring substituents is 1. The number of nitrogens with one attached hydrogen (secondary N) is 1. The number of benzene rings is 2. The van der Waals surface area contributed by atoms with Crippen molar-refractivity contribution in [3.8, 4) is 5.75 Å². The quantitative estimate of drug-likeness (QED) is 0.416. The van der Waals surface area contributed by atoms with E-state index < -0.39 is 25.9 Å². The molecule has 0 radical (unpaired) electrons. The van der Waals surface area contributed by atoms with Crippen LogP contribution in [0.3, 0.4) is 0 Å². The van der Waals surface area contributed by atoms with Gasteiger partial charge in [-0.3, -0.25) is 14.9 Å². The molecule has 1 N–H and O–H groups in total. The molecule has 9 nitrogen and oxygen atoms in total. The first-order valence-electron chi connectivity index (χ1n) is 9.19. The van der Waals surface area contributed by atoms with Crippen molar-refractivity contribution in [2.75, 3.05) is 13.7 Å². The third-order valence-corrected chi connectivity index (χ3v) is 6.89. The van der Waals surface area contributed by atoms with Gasteiger partial charge in [-0.05, 0) is 49.4 Å². The lowest BCUT2D eigenvalue weighted by Gasteiger charge is -2.17. The Kier molecular flexibility index (Phi) is 6.40. The van der Waals surface area contributed by atoms with Crippen LogP contribution in [-0.2, 0) is 9.84 Å². The van der Waals surface area contributed by atoms with Gasteiger partial charge in [0, 0.05) is 23.7 Å². The second-order valence-electron chi connectivity index (χ2n) is 6.64. The molecule has 0 saturated heterocycles. The Morgan fingerprint density at radius 3 is 2.45 bits per heavy atom. The molecule has 0 aliphatic carbocycles. The lowest BCUT2D eigenvalue weighted by Crippen LogP contribution is -2.32. The predicted molar refractivity (Wildman–Crippen MR) is 112 cm³/mol. The molecule has 2 aromatic carbocycles. The minimum Gasteiger partial charge on any atom is -0.497 e. The van der Waals surface area contributed by atoms with Crippen molar-refractivity contribution in [3.05, 3.63) is 87.9 Å². The van der Waals surface area contributed by atoms with E-state index in [0.717, 1.165) is 0 Å². The van der Waals surface area contributed by atoms with E-state index in [1.54, 1.807) is 6.07 Å². The molecule has 10 heteroatoms. The fourth-order valence-electron chi connectivity index (χ4n) is 3.12. The number of hydrogen-bond acceptors (Lipinski definition) is 7. The monoisotopic (exact) mass is 444 g/mol. The highest BCUT2D eigenvalue weighted by Gasteiger charge is 2.32. The molecule has 1 heterocycles. The molecule has 1 aromatic heterocycles. The number of nitrogens with zero attached hydrogens (tertiary/aromatic N) is 1. The van der Waals surface area contributed by atoms with Crippen LogP contribution in [0.15, 0.2) is 70.2 Å². The molecule has 0 aliphatic rings. The number of furan rings is 1. The van der Waals surface area contributed by atoms with Gasteiger partial charge in [0.05, 0.1) is 23.2 Å². The van der Waals surface area contributed by atoms with E-state index in [2.05, 4.69) is 5.32 Å². The summed E-state index contributed by atoms with van der Waals surface area (Å²) in [5, 5.41) is 12.5. The van der Waals surface area contributed by atoms with E-state index >= 15 is 0 Å². The van der Waals surface area contributed by atoms with E-state index in [1.165, 1.54) is 68.8 Å². The molecule has 1 amide bonds. The SMILES string of the molecule is COc1ccc(S(=O)(=O)[C@H](CNC(=O)c2cccc([N+](=O)[O-])c2C)c2ccco2)cc1. The van der Waals surface area contributed by atoms with E-state index in [0.29, 0.717) is 5.75 Å². The largest absolute Gasteiger partial charge is 0.497 e. The van der Waals surface area contributed by atoms with Gasteiger partial charge in [0.25, 0.3) is 11.6 Å². The van der Waals surface area contributed by atoms with E-state index in [9.17, 15) is 23.3 Å². The van der Waals surface area contributed by atoms with Crippen molar-refractivity contribution in [2.24, 2.45) is 0 Å². The van der Waals surface area contributed by atoms with Crippen LogP contribution in [-0.4, -0.2) is 32.9 Å². The van der Waals surface area contributed by atoms with Gasteiger partial charge in [0.1, 0.15) is 16.8 Å². The topological polar surface area (TPSA) is 129 Å².